The van der Waals surface area contributed by atoms with Crippen molar-refractivity contribution >= 4 is 18.1 Å². The molecule has 1 saturated carbocycles. The first-order valence-electron chi connectivity index (χ1n) is 7.43. The lowest BCUT2D eigenvalue weighted by Gasteiger charge is -2.39. The summed E-state index contributed by atoms with van der Waals surface area (Å²) in [7, 11) is 0. The lowest BCUT2D eigenvalue weighted by molar-refractivity contribution is -0.136. The normalized spacial score (nSPS) is 17.0. The number of carbonyl (C=O) groups excluding carboxylic acids is 1. The number of hydrogen-bond acceptors (Lipinski definition) is 3. The zero-order valence-corrected chi connectivity index (χ0v) is 13.3. The van der Waals surface area contributed by atoms with Gasteiger partial charge in [-0.1, -0.05) is 27.2 Å². The molecule has 1 aliphatic rings. The van der Waals surface area contributed by atoms with Gasteiger partial charge in [-0.3, -0.25) is 9.89 Å². The average molecular weight is 296 g/mol. The fourth-order valence-electron chi connectivity index (χ4n) is 2.80. The Hall–Kier alpha value is -1.17. The standard InChI is InChI=1S/C14H24N4OS/c1-4-14(6-5-7-14)12(19)15-8-9-18-11(10(2)3)16-17-13(18)20/h10H,4-9H2,1-3H3,(H,15,19)(H,17,20). The van der Waals surface area contributed by atoms with Crippen LogP contribution in [0.3, 0.4) is 0 Å². The molecule has 1 heterocycles. The van der Waals surface area contributed by atoms with E-state index >= 15 is 0 Å². The van der Waals surface area contributed by atoms with Gasteiger partial charge in [0.1, 0.15) is 5.82 Å². The van der Waals surface area contributed by atoms with Gasteiger partial charge in [-0.25, -0.2) is 0 Å². The Morgan fingerprint density at radius 3 is 2.75 bits per heavy atom. The van der Waals surface area contributed by atoms with Gasteiger partial charge in [-0.05, 0) is 31.5 Å². The zero-order chi connectivity index (χ0) is 14.8. The Bertz CT molecular complexity index is 522. The van der Waals surface area contributed by atoms with Crippen LogP contribution in [-0.2, 0) is 11.3 Å². The molecule has 1 fully saturated rings. The molecule has 0 spiro atoms. The maximum Gasteiger partial charge on any atom is 0.226 e. The number of H-pyrrole nitrogens is 1. The van der Waals surface area contributed by atoms with Gasteiger partial charge in [-0.15, -0.1) is 0 Å². The molecule has 0 atom stereocenters. The first-order valence-corrected chi connectivity index (χ1v) is 7.84. The predicted molar refractivity (Wildman–Crippen MR) is 81.1 cm³/mol. The summed E-state index contributed by atoms with van der Waals surface area (Å²) in [4.78, 5) is 12.2. The molecular formula is C14H24N4OS. The summed E-state index contributed by atoms with van der Waals surface area (Å²) < 4.78 is 2.59. The number of aromatic amines is 1. The van der Waals surface area contributed by atoms with Crippen LogP contribution < -0.4 is 5.32 Å². The number of amides is 1. The number of nitrogens with zero attached hydrogens (tertiary/aromatic N) is 2. The molecule has 0 aromatic carbocycles. The van der Waals surface area contributed by atoms with Gasteiger partial charge in [0.05, 0.1) is 0 Å². The van der Waals surface area contributed by atoms with E-state index in [2.05, 4.69) is 36.3 Å². The largest absolute Gasteiger partial charge is 0.354 e. The minimum absolute atomic E-state index is 0.0985. The molecule has 2 N–H and O–H groups in total. The third-order valence-corrected chi connectivity index (χ3v) is 4.71. The second-order valence-electron chi connectivity index (χ2n) is 5.94. The average Bonchev–Trinajstić information content (AvgIpc) is 2.70. The smallest absolute Gasteiger partial charge is 0.226 e. The molecule has 112 valence electrons. The van der Waals surface area contributed by atoms with Gasteiger partial charge in [0.2, 0.25) is 5.91 Å². The third kappa shape index (κ3) is 2.80. The van der Waals surface area contributed by atoms with Crippen molar-refractivity contribution in [1.29, 1.82) is 0 Å². The van der Waals surface area contributed by atoms with E-state index in [1.165, 1.54) is 6.42 Å². The lowest BCUT2D eigenvalue weighted by atomic mass is 9.66. The molecule has 1 aliphatic carbocycles. The second-order valence-corrected chi connectivity index (χ2v) is 6.32. The second kappa shape index (κ2) is 6.08. The maximum atomic E-state index is 12.2. The fourth-order valence-corrected chi connectivity index (χ4v) is 3.03. The highest BCUT2D eigenvalue weighted by atomic mass is 32.1. The van der Waals surface area contributed by atoms with Crippen LogP contribution in [0.25, 0.3) is 0 Å². The molecule has 1 aromatic heterocycles. The van der Waals surface area contributed by atoms with E-state index in [0.29, 0.717) is 23.8 Å². The summed E-state index contributed by atoms with van der Waals surface area (Å²) in [6.45, 7) is 7.55. The molecule has 1 amide bonds. The number of hydrogen-bond donors (Lipinski definition) is 2. The van der Waals surface area contributed by atoms with Crippen molar-refractivity contribution in [2.45, 2.75) is 58.9 Å². The van der Waals surface area contributed by atoms with Gasteiger partial charge in [0.15, 0.2) is 4.77 Å². The first kappa shape index (κ1) is 15.2. The molecule has 0 radical (unpaired) electrons. The van der Waals surface area contributed by atoms with Crippen molar-refractivity contribution in [3.63, 3.8) is 0 Å². The molecule has 0 aliphatic heterocycles. The minimum Gasteiger partial charge on any atom is -0.354 e. The number of nitrogens with one attached hydrogen (secondary N) is 2. The minimum atomic E-state index is -0.0985. The summed E-state index contributed by atoms with van der Waals surface area (Å²) in [5, 5.41) is 10.1. The van der Waals surface area contributed by atoms with Crippen LogP contribution in [-0.4, -0.2) is 27.2 Å². The SMILES string of the molecule is CCC1(C(=O)NCCn2c(C(C)C)n[nH]c2=S)CCC1. The fraction of sp³-hybridized carbons (Fsp3) is 0.786. The molecule has 1 aromatic rings. The lowest BCUT2D eigenvalue weighted by Crippen LogP contribution is -2.46. The van der Waals surface area contributed by atoms with Crippen molar-refractivity contribution < 1.29 is 4.79 Å². The van der Waals surface area contributed by atoms with Crippen LogP contribution in [0.2, 0.25) is 0 Å². The predicted octanol–water partition coefficient (Wildman–Crippen LogP) is 2.76. The number of aromatic nitrogens is 3. The van der Waals surface area contributed by atoms with E-state index in [-0.39, 0.29) is 11.3 Å². The monoisotopic (exact) mass is 296 g/mol. The molecule has 0 saturated heterocycles. The quantitative estimate of drug-likeness (QED) is 0.793. The number of rotatable bonds is 6. The zero-order valence-electron chi connectivity index (χ0n) is 12.5. The van der Waals surface area contributed by atoms with E-state index in [0.717, 1.165) is 25.1 Å². The highest BCUT2D eigenvalue weighted by Crippen LogP contribution is 2.43. The van der Waals surface area contributed by atoms with Gasteiger partial charge in [-0.2, -0.15) is 5.10 Å². The van der Waals surface area contributed by atoms with Crippen molar-refractivity contribution in [2.75, 3.05) is 6.54 Å². The topological polar surface area (TPSA) is 62.7 Å². The van der Waals surface area contributed by atoms with E-state index < -0.39 is 0 Å². The molecule has 0 bridgehead atoms. The van der Waals surface area contributed by atoms with Crippen molar-refractivity contribution in [1.82, 2.24) is 20.1 Å². The van der Waals surface area contributed by atoms with Crippen LogP contribution in [0.4, 0.5) is 0 Å². The summed E-state index contributed by atoms with van der Waals surface area (Å²) >= 11 is 5.23. The molecule has 20 heavy (non-hydrogen) atoms. The summed E-state index contributed by atoms with van der Waals surface area (Å²) in [6.07, 6.45) is 4.15. The van der Waals surface area contributed by atoms with E-state index in [9.17, 15) is 4.79 Å². The van der Waals surface area contributed by atoms with Gasteiger partial charge in [0, 0.05) is 24.4 Å². The summed E-state index contributed by atoms with van der Waals surface area (Å²) in [6, 6.07) is 0. The summed E-state index contributed by atoms with van der Waals surface area (Å²) in [5.74, 6) is 1.46. The Morgan fingerprint density at radius 2 is 2.25 bits per heavy atom. The van der Waals surface area contributed by atoms with Crippen LogP contribution in [0.5, 0.6) is 0 Å². The van der Waals surface area contributed by atoms with Crippen LogP contribution in [0, 0.1) is 10.2 Å². The van der Waals surface area contributed by atoms with Crippen molar-refractivity contribution in [2.24, 2.45) is 5.41 Å². The molecule has 6 heteroatoms. The van der Waals surface area contributed by atoms with Gasteiger partial charge in [0.25, 0.3) is 0 Å². The number of carbonyl (C=O) groups is 1. The third-order valence-electron chi connectivity index (χ3n) is 4.39. The van der Waals surface area contributed by atoms with Crippen LogP contribution in [0.15, 0.2) is 0 Å². The molecule has 2 rings (SSSR count). The first-order chi connectivity index (χ1) is 9.50. The van der Waals surface area contributed by atoms with E-state index in [1.54, 1.807) is 0 Å². The van der Waals surface area contributed by atoms with Gasteiger partial charge < -0.3 is 9.88 Å². The highest BCUT2D eigenvalue weighted by molar-refractivity contribution is 7.71. The Labute approximate surface area is 125 Å². The highest BCUT2D eigenvalue weighted by Gasteiger charge is 2.41. The molecule has 0 unspecified atom stereocenters. The van der Waals surface area contributed by atoms with E-state index in [1.807, 2.05) is 4.57 Å². The van der Waals surface area contributed by atoms with E-state index in [4.69, 9.17) is 12.2 Å². The van der Waals surface area contributed by atoms with Gasteiger partial charge >= 0.3 is 0 Å². The Kier molecular flexibility index (Phi) is 4.62. The van der Waals surface area contributed by atoms with Crippen LogP contribution in [0.1, 0.15) is 58.2 Å². The molecular weight excluding hydrogens is 272 g/mol. The molecule has 5 nitrogen and oxygen atoms in total. The van der Waals surface area contributed by atoms with Crippen molar-refractivity contribution in [3.05, 3.63) is 10.6 Å². The van der Waals surface area contributed by atoms with Crippen molar-refractivity contribution in [3.8, 4) is 0 Å². The Balaban J connectivity index is 1.92. The Morgan fingerprint density at radius 1 is 1.55 bits per heavy atom. The maximum absolute atomic E-state index is 12.2. The summed E-state index contributed by atoms with van der Waals surface area (Å²) in [5.41, 5.74) is -0.0985. The van der Waals surface area contributed by atoms with Crippen LogP contribution >= 0.6 is 12.2 Å².